The highest BCUT2D eigenvalue weighted by atomic mass is 16.4. The molecule has 5 nitrogen and oxygen atoms in total. The first-order valence-electron chi connectivity index (χ1n) is 6.30. The van der Waals surface area contributed by atoms with Crippen molar-refractivity contribution < 1.29 is 14.7 Å². The summed E-state index contributed by atoms with van der Waals surface area (Å²) in [6.45, 7) is 4.34. The van der Waals surface area contributed by atoms with Crippen molar-refractivity contribution in [3.8, 4) is 0 Å². The number of hydrogen-bond acceptors (Lipinski definition) is 3. The molecule has 17 heavy (non-hydrogen) atoms. The molecule has 2 fully saturated rings. The molecule has 0 saturated carbocycles. The third-order valence-corrected chi connectivity index (χ3v) is 4.04. The largest absolute Gasteiger partial charge is 0.480 e. The maximum atomic E-state index is 12.0. The molecule has 5 heteroatoms. The molecule has 2 aliphatic rings. The molecule has 2 rings (SSSR count). The average Bonchev–Trinajstić information content (AvgIpc) is 2.89. The van der Waals surface area contributed by atoms with E-state index in [-0.39, 0.29) is 12.5 Å². The summed E-state index contributed by atoms with van der Waals surface area (Å²) < 4.78 is 0. The summed E-state index contributed by atoms with van der Waals surface area (Å²) in [6.07, 6.45) is 3.63. The molecule has 2 saturated heterocycles. The summed E-state index contributed by atoms with van der Waals surface area (Å²) in [5, 5.41) is 9.25. The van der Waals surface area contributed by atoms with Crippen molar-refractivity contribution in [2.24, 2.45) is 0 Å². The van der Waals surface area contributed by atoms with E-state index >= 15 is 0 Å². The van der Waals surface area contributed by atoms with E-state index in [4.69, 9.17) is 0 Å². The second-order valence-corrected chi connectivity index (χ2v) is 5.19. The Balaban J connectivity index is 1.98. The van der Waals surface area contributed by atoms with Crippen LogP contribution in [0.25, 0.3) is 0 Å². The lowest BCUT2D eigenvalue weighted by Gasteiger charge is -2.31. The van der Waals surface area contributed by atoms with Gasteiger partial charge in [0.1, 0.15) is 5.54 Å². The van der Waals surface area contributed by atoms with Crippen molar-refractivity contribution >= 4 is 11.9 Å². The van der Waals surface area contributed by atoms with Crippen LogP contribution in [0.15, 0.2) is 0 Å². The topological polar surface area (TPSA) is 60.9 Å². The highest BCUT2D eigenvalue weighted by molar-refractivity contribution is 5.82. The third-order valence-electron chi connectivity index (χ3n) is 4.04. The zero-order valence-electron chi connectivity index (χ0n) is 10.3. The van der Waals surface area contributed by atoms with Crippen molar-refractivity contribution in [2.75, 3.05) is 26.2 Å². The van der Waals surface area contributed by atoms with Crippen molar-refractivity contribution in [3.05, 3.63) is 0 Å². The molecule has 2 heterocycles. The van der Waals surface area contributed by atoms with Gasteiger partial charge in [0.15, 0.2) is 0 Å². The standard InChI is InChI=1S/C12H20N2O3/c1-12(11(16)17)5-4-8-14(12)9-10(15)13-6-2-3-7-13/h2-9H2,1H3,(H,16,17). The molecule has 0 aliphatic carbocycles. The lowest BCUT2D eigenvalue weighted by atomic mass is 9.99. The fraction of sp³-hybridized carbons (Fsp3) is 0.833. The minimum Gasteiger partial charge on any atom is -0.480 e. The van der Waals surface area contributed by atoms with Crippen molar-refractivity contribution in [1.29, 1.82) is 0 Å². The van der Waals surface area contributed by atoms with Gasteiger partial charge in [0.05, 0.1) is 6.54 Å². The van der Waals surface area contributed by atoms with Crippen molar-refractivity contribution in [2.45, 2.75) is 38.1 Å². The van der Waals surface area contributed by atoms with Gasteiger partial charge in [0, 0.05) is 13.1 Å². The maximum Gasteiger partial charge on any atom is 0.323 e. The predicted molar refractivity (Wildman–Crippen MR) is 62.7 cm³/mol. The van der Waals surface area contributed by atoms with Gasteiger partial charge in [-0.25, -0.2) is 0 Å². The molecule has 1 unspecified atom stereocenters. The van der Waals surface area contributed by atoms with Gasteiger partial charge in [-0.1, -0.05) is 0 Å². The van der Waals surface area contributed by atoms with E-state index in [0.29, 0.717) is 13.0 Å². The van der Waals surface area contributed by atoms with Gasteiger partial charge in [-0.15, -0.1) is 0 Å². The number of rotatable bonds is 3. The van der Waals surface area contributed by atoms with E-state index in [2.05, 4.69) is 0 Å². The van der Waals surface area contributed by atoms with Crippen LogP contribution >= 0.6 is 0 Å². The van der Waals surface area contributed by atoms with Crippen LogP contribution in [0.3, 0.4) is 0 Å². The van der Waals surface area contributed by atoms with E-state index in [1.54, 1.807) is 6.92 Å². The minimum absolute atomic E-state index is 0.0804. The molecule has 0 bridgehead atoms. The highest BCUT2D eigenvalue weighted by Gasteiger charge is 2.44. The molecule has 0 spiro atoms. The molecule has 0 radical (unpaired) electrons. The maximum absolute atomic E-state index is 12.0. The Labute approximate surface area is 101 Å². The van der Waals surface area contributed by atoms with E-state index < -0.39 is 11.5 Å². The number of amides is 1. The molecule has 1 N–H and O–H groups in total. The summed E-state index contributed by atoms with van der Waals surface area (Å²) in [4.78, 5) is 26.9. The van der Waals surface area contributed by atoms with Crippen LogP contribution in [0.2, 0.25) is 0 Å². The normalized spacial score (nSPS) is 29.8. The SMILES string of the molecule is CC1(C(=O)O)CCCN1CC(=O)N1CCCC1. The van der Waals surface area contributed by atoms with Gasteiger partial charge in [-0.2, -0.15) is 0 Å². The highest BCUT2D eigenvalue weighted by Crippen LogP contribution is 2.29. The number of aliphatic carboxylic acids is 1. The average molecular weight is 240 g/mol. The Bertz CT molecular complexity index is 326. The number of carboxylic acid groups (broad SMARTS) is 1. The van der Waals surface area contributed by atoms with Crippen LogP contribution in [0, 0.1) is 0 Å². The fourth-order valence-electron chi connectivity index (χ4n) is 2.74. The first-order chi connectivity index (χ1) is 8.04. The number of nitrogens with zero attached hydrogens (tertiary/aromatic N) is 2. The molecule has 2 aliphatic heterocycles. The van der Waals surface area contributed by atoms with Crippen LogP contribution in [0.1, 0.15) is 32.6 Å². The number of hydrogen-bond donors (Lipinski definition) is 1. The van der Waals surface area contributed by atoms with Gasteiger partial charge in [-0.05, 0) is 39.2 Å². The molecule has 0 aromatic rings. The van der Waals surface area contributed by atoms with Gasteiger partial charge < -0.3 is 10.0 Å². The van der Waals surface area contributed by atoms with E-state index in [1.165, 1.54) is 0 Å². The van der Waals surface area contributed by atoms with Crippen LogP contribution in [0.4, 0.5) is 0 Å². The first kappa shape index (κ1) is 12.4. The summed E-state index contributed by atoms with van der Waals surface area (Å²) in [5.74, 6) is -0.735. The predicted octanol–water partition coefficient (Wildman–Crippen LogP) is 0.548. The monoisotopic (exact) mass is 240 g/mol. The number of likely N-dealkylation sites (tertiary alicyclic amines) is 2. The van der Waals surface area contributed by atoms with E-state index in [9.17, 15) is 14.7 Å². The zero-order valence-corrected chi connectivity index (χ0v) is 10.3. The Kier molecular flexibility index (Phi) is 3.38. The number of carbonyl (C=O) groups is 2. The van der Waals surface area contributed by atoms with Crippen molar-refractivity contribution in [1.82, 2.24) is 9.80 Å². The summed E-state index contributed by atoms with van der Waals surface area (Å²) >= 11 is 0. The van der Waals surface area contributed by atoms with Crippen LogP contribution in [-0.2, 0) is 9.59 Å². The fourth-order valence-corrected chi connectivity index (χ4v) is 2.74. The molecule has 1 amide bonds. The second-order valence-electron chi connectivity index (χ2n) is 5.19. The van der Waals surface area contributed by atoms with Crippen LogP contribution in [-0.4, -0.2) is 58.5 Å². The van der Waals surface area contributed by atoms with Gasteiger partial charge in [-0.3, -0.25) is 14.5 Å². The second kappa shape index (κ2) is 4.64. The number of carboxylic acids is 1. The summed E-state index contributed by atoms with van der Waals surface area (Å²) in [7, 11) is 0. The Morgan fingerprint density at radius 3 is 2.41 bits per heavy atom. The van der Waals surface area contributed by atoms with Gasteiger partial charge >= 0.3 is 5.97 Å². The lowest BCUT2D eigenvalue weighted by Crippen LogP contribution is -2.51. The quantitative estimate of drug-likeness (QED) is 0.782. The van der Waals surface area contributed by atoms with E-state index in [0.717, 1.165) is 32.4 Å². The van der Waals surface area contributed by atoms with E-state index in [1.807, 2.05) is 9.80 Å². The van der Waals surface area contributed by atoms with Gasteiger partial charge in [0.2, 0.25) is 5.91 Å². The first-order valence-corrected chi connectivity index (χ1v) is 6.30. The summed E-state index contributed by atoms with van der Waals surface area (Å²) in [5.41, 5.74) is -0.852. The molecular weight excluding hydrogens is 220 g/mol. The van der Waals surface area contributed by atoms with Crippen molar-refractivity contribution in [3.63, 3.8) is 0 Å². The molecule has 0 aromatic heterocycles. The Morgan fingerprint density at radius 1 is 1.18 bits per heavy atom. The smallest absolute Gasteiger partial charge is 0.323 e. The Hall–Kier alpha value is -1.10. The zero-order chi connectivity index (χ0) is 12.5. The lowest BCUT2D eigenvalue weighted by molar-refractivity contribution is -0.150. The number of carbonyl (C=O) groups excluding carboxylic acids is 1. The molecule has 1 atom stereocenters. The molecule has 96 valence electrons. The summed E-state index contributed by atoms with van der Waals surface area (Å²) in [6, 6.07) is 0. The van der Waals surface area contributed by atoms with Gasteiger partial charge in [0.25, 0.3) is 0 Å². The minimum atomic E-state index is -0.852. The Morgan fingerprint density at radius 2 is 1.82 bits per heavy atom. The third kappa shape index (κ3) is 2.29. The molecule has 0 aromatic carbocycles. The van der Waals surface area contributed by atoms with Crippen LogP contribution < -0.4 is 0 Å². The van der Waals surface area contributed by atoms with Crippen LogP contribution in [0.5, 0.6) is 0 Å². The molecular formula is C12H20N2O3.